The third-order valence-electron chi connectivity index (χ3n) is 1.39. The maximum absolute atomic E-state index is 10.2. The van der Waals surface area contributed by atoms with Crippen LogP contribution in [0.3, 0.4) is 0 Å². The highest BCUT2D eigenvalue weighted by Crippen LogP contribution is 2.23. The molecule has 1 fully saturated rings. The van der Waals surface area contributed by atoms with Crippen LogP contribution in [0.5, 0.6) is 0 Å². The van der Waals surface area contributed by atoms with Gasteiger partial charge in [0.05, 0.1) is 6.61 Å². The number of rotatable bonds is 2. The van der Waals surface area contributed by atoms with E-state index in [1.807, 2.05) is 0 Å². The molecule has 0 aromatic carbocycles. The Morgan fingerprint density at radius 2 is 2.33 bits per heavy atom. The quantitative estimate of drug-likeness (QED) is 0.483. The summed E-state index contributed by atoms with van der Waals surface area (Å²) in [4.78, 5) is 10.2. The minimum atomic E-state index is -1.69. The predicted octanol–water partition coefficient (Wildman–Crippen LogP) is -0.779. The van der Waals surface area contributed by atoms with Gasteiger partial charge in [-0.05, 0) is 6.92 Å². The van der Waals surface area contributed by atoms with Crippen LogP contribution in [-0.4, -0.2) is 34.5 Å². The predicted molar refractivity (Wildman–Crippen MR) is 28.0 cm³/mol. The Bertz CT molecular complexity index is 136. The van der Waals surface area contributed by atoms with E-state index >= 15 is 0 Å². The Kier molecular flexibility index (Phi) is 1.22. The third kappa shape index (κ3) is 1.04. The third-order valence-corrected chi connectivity index (χ3v) is 1.39. The summed E-state index contributed by atoms with van der Waals surface area (Å²) in [6, 6.07) is 0. The van der Waals surface area contributed by atoms with Crippen LogP contribution in [0.15, 0.2) is 0 Å². The van der Waals surface area contributed by atoms with Crippen LogP contribution in [-0.2, 0) is 9.53 Å². The Hall–Kier alpha value is -0.610. The molecule has 1 rings (SSSR count). The molecule has 1 heterocycles. The summed E-state index contributed by atoms with van der Waals surface area (Å²) < 4.78 is 4.60. The highest BCUT2D eigenvalue weighted by atomic mass is 16.6. The number of aliphatic carboxylic acids is 1. The standard InChI is InChI=1S/C5H8O4/c1-5(8,4(6)7)3-2-9-3/h3,8H,2H2,1H3,(H,6,7). The Morgan fingerprint density at radius 3 is 2.44 bits per heavy atom. The van der Waals surface area contributed by atoms with E-state index < -0.39 is 17.7 Å². The smallest absolute Gasteiger partial charge is 0.338 e. The van der Waals surface area contributed by atoms with E-state index in [-0.39, 0.29) is 0 Å². The number of hydrogen-bond donors (Lipinski definition) is 2. The number of carboxylic acids is 1. The average molecular weight is 132 g/mol. The zero-order valence-corrected chi connectivity index (χ0v) is 5.00. The fourth-order valence-corrected chi connectivity index (χ4v) is 0.510. The highest BCUT2D eigenvalue weighted by molar-refractivity contribution is 5.77. The molecule has 0 bridgehead atoms. The van der Waals surface area contributed by atoms with Gasteiger partial charge in [-0.3, -0.25) is 0 Å². The van der Waals surface area contributed by atoms with Crippen molar-refractivity contribution >= 4 is 5.97 Å². The van der Waals surface area contributed by atoms with Crippen LogP contribution in [0.2, 0.25) is 0 Å². The molecule has 1 aliphatic rings. The van der Waals surface area contributed by atoms with Gasteiger partial charge in [0.25, 0.3) is 0 Å². The molecule has 52 valence electrons. The van der Waals surface area contributed by atoms with E-state index in [9.17, 15) is 4.79 Å². The second kappa shape index (κ2) is 1.68. The molecule has 9 heavy (non-hydrogen) atoms. The first-order valence-corrected chi connectivity index (χ1v) is 2.62. The van der Waals surface area contributed by atoms with Crippen molar-refractivity contribution in [2.24, 2.45) is 0 Å². The van der Waals surface area contributed by atoms with Gasteiger partial charge in [-0.15, -0.1) is 0 Å². The molecule has 4 heteroatoms. The summed E-state index contributed by atoms with van der Waals surface area (Å²) in [5, 5.41) is 17.3. The molecule has 1 aliphatic heterocycles. The van der Waals surface area contributed by atoms with Crippen molar-refractivity contribution in [2.45, 2.75) is 18.6 Å². The van der Waals surface area contributed by atoms with Crippen molar-refractivity contribution in [2.75, 3.05) is 6.61 Å². The normalized spacial score (nSPS) is 31.1. The number of ether oxygens (including phenoxy) is 1. The van der Waals surface area contributed by atoms with Gasteiger partial charge < -0.3 is 14.9 Å². The van der Waals surface area contributed by atoms with Gasteiger partial charge in [0.15, 0.2) is 5.60 Å². The molecule has 0 aliphatic carbocycles. The van der Waals surface area contributed by atoms with E-state index in [1.165, 1.54) is 6.92 Å². The fourth-order valence-electron chi connectivity index (χ4n) is 0.510. The van der Waals surface area contributed by atoms with Crippen LogP contribution in [0.1, 0.15) is 6.92 Å². The maximum atomic E-state index is 10.2. The molecule has 2 atom stereocenters. The van der Waals surface area contributed by atoms with Gasteiger partial charge in [0, 0.05) is 0 Å². The largest absolute Gasteiger partial charge is 0.479 e. The van der Waals surface area contributed by atoms with E-state index in [4.69, 9.17) is 10.2 Å². The molecular weight excluding hydrogens is 124 g/mol. The minimum absolute atomic E-state index is 0.347. The van der Waals surface area contributed by atoms with Gasteiger partial charge in [0.2, 0.25) is 0 Å². The van der Waals surface area contributed by atoms with Gasteiger partial charge in [-0.2, -0.15) is 0 Å². The maximum Gasteiger partial charge on any atom is 0.338 e. The molecule has 0 radical (unpaired) electrons. The van der Waals surface area contributed by atoms with Gasteiger partial charge in [-0.25, -0.2) is 4.79 Å². The second-order valence-electron chi connectivity index (χ2n) is 2.27. The molecule has 0 saturated carbocycles. The monoisotopic (exact) mass is 132 g/mol. The van der Waals surface area contributed by atoms with Crippen molar-refractivity contribution in [3.05, 3.63) is 0 Å². The number of aliphatic hydroxyl groups is 1. The number of carboxylic acid groups (broad SMARTS) is 1. The second-order valence-corrected chi connectivity index (χ2v) is 2.27. The van der Waals surface area contributed by atoms with Gasteiger partial charge in [0.1, 0.15) is 6.10 Å². The Balaban J connectivity index is 2.59. The molecule has 0 spiro atoms. The van der Waals surface area contributed by atoms with Crippen LogP contribution in [0.25, 0.3) is 0 Å². The first kappa shape index (κ1) is 6.51. The lowest BCUT2D eigenvalue weighted by molar-refractivity contribution is -0.158. The Morgan fingerprint density at radius 1 is 1.89 bits per heavy atom. The van der Waals surface area contributed by atoms with Crippen molar-refractivity contribution < 1.29 is 19.7 Å². The lowest BCUT2D eigenvalue weighted by Crippen LogP contribution is -2.40. The number of carbonyl (C=O) groups is 1. The van der Waals surface area contributed by atoms with Gasteiger partial charge >= 0.3 is 5.97 Å². The van der Waals surface area contributed by atoms with E-state index in [0.29, 0.717) is 6.61 Å². The molecule has 4 nitrogen and oxygen atoms in total. The van der Waals surface area contributed by atoms with Crippen LogP contribution in [0, 0.1) is 0 Å². The number of hydrogen-bond acceptors (Lipinski definition) is 3. The zero-order valence-electron chi connectivity index (χ0n) is 5.00. The summed E-state index contributed by atoms with van der Waals surface area (Å²) in [5.41, 5.74) is -1.69. The van der Waals surface area contributed by atoms with Crippen molar-refractivity contribution in [1.82, 2.24) is 0 Å². The molecule has 0 aromatic heterocycles. The average Bonchev–Trinajstić information content (AvgIpc) is 2.42. The SMILES string of the molecule is CC(O)(C(=O)O)C1CO1. The topological polar surface area (TPSA) is 70.1 Å². The lowest BCUT2D eigenvalue weighted by atomic mass is 10.0. The van der Waals surface area contributed by atoms with Crippen LogP contribution < -0.4 is 0 Å². The van der Waals surface area contributed by atoms with Crippen molar-refractivity contribution in [3.63, 3.8) is 0 Å². The van der Waals surface area contributed by atoms with Crippen molar-refractivity contribution in [3.8, 4) is 0 Å². The molecular formula is C5H8O4. The van der Waals surface area contributed by atoms with E-state index in [0.717, 1.165) is 0 Å². The van der Waals surface area contributed by atoms with E-state index in [1.54, 1.807) is 0 Å². The molecule has 0 amide bonds. The van der Waals surface area contributed by atoms with Crippen LogP contribution in [0.4, 0.5) is 0 Å². The molecule has 1 saturated heterocycles. The van der Waals surface area contributed by atoms with E-state index in [2.05, 4.69) is 4.74 Å². The first-order chi connectivity index (χ1) is 4.05. The summed E-state index contributed by atoms with van der Waals surface area (Å²) in [5.74, 6) is -1.23. The van der Waals surface area contributed by atoms with Crippen LogP contribution >= 0.6 is 0 Å². The van der Waals surface area contributed by atoms with Gasteiger partial charge in [-0.1, -0.05) is 0 Å². The Labute approximate surface area is 52.1 Å². The van der Waals surface area contributed by atoms with Crippen molar-refractivity contribution in [1.29, 1.82) is 0 Å². The molecule has 2 N–H and O–H groups in total. The summed E-state index contributed by atoms with van der Waals surface area (Å²) in [6.45, 7) is 1.58. The summed E-state index contributed by atoms with van der Waals surface area (Å²) in [6.07, 6.45) is -0.505. The summed E-state index contributed by atoms with van der Waals surface area (Å²) in [7, 11) is 0. The number of epoxide rings is 1. The first-order valence-electron chi connectivity index (χ1n) is 2.62. The minimum Gasteiger partial charge on any atom is -0.479 e. The highest BCUT2D eigenvalue weighted by Gasteiger charge is 2.47. The summed E-state index contributed by atoms with van der Waals surface area (Å²) >= 11 is 0. The lowest BCUT2D eigenvalue weighted by Gasteiger charge is -2.13. The zero-order chi connectivity index (χ0) is 7.07. The fraction of sp³-hybridized carbons (Fsp3) is 0.800. The molecule has 0 aromatic rings. The molecule has 2 unspecified atom stereocenters.